The van der Waals surface area contributed by atoms with E-state index in [4.69, 9.17) is 9.47 Å². The van der Waals surface area contributed by atoms with Crippen LogP contribution in [-0.2, 0) is 4.74 Å². The molecule has 1 aliphatic heterocycles. The van der Waals surface area contributed by atoms with Crippen molar-refractivity contribution < 1.29 is 9.47 Å². The summed E-state index contributed by atoms with van der Waals surface area (Å²) < 4.78 is 10.8. The van der Waals surface area contributed by atoms with Crippen LogP contribution in [0.1, 0.15) is 19.8 Å². The lowest BCUT2D eigenvalue weighted by atomic mass is 10.2. The van der Waals surface area contributed by atoms with Crippen molar-refractivity contribution in [2.75, 3.05) is 25.1 Å². The van der Waals surface area contributed by atoms with E-state index in [-0.39, 0.29) is 0 Å². The van der Waals surface area contributed by atoms with Crippen LogP contribution in [0.2, 0.25) is 0 Å². The average molecular weight is 221 g/mol. The normalized spacial score (nSPS) is 19.7. The zero-order valence-corrected chi connectivity index (χ0v) is 9.74. The lowest BCUT2D eigenvalue weighted by molar-refractivity contribution is 0.195. The van der Waals surface area contributed by atoms with Crippen LogP contribution in [-0.4, -0.2) is 25.9 Å². The molecule has 88 valence electrons. The maximum atomic E-state index is 5.53. The van der Waals surface area contributed by atoms with Gasteiger partial charge >= 0.3 is 0 Å². The van der Waals surface area contributed by atoms with Crippen molar-refractivity contribution in [1.82, 2.24) is 0 Å². The Balaban J connectivity index is 1.86. The molecule has 3 nitrogen and oxygen atoms in total. The topological polar surface area (TPSA) is 30.5 Å². The Labute approximate surface area is 96.8 Å². The fourth-order valence-corrected chi connectivity index (χ4v) is 1.75. The van der Waals surface area contributed by atoms with Crippen molar-refractivity contribution in [2.45, 2.75) is 25.8 Å². The molecular formula is C13H19NO2. The Morgan fingerprint density at radius 1 is 1.38 bits per heavy atom. The van der Waals surface area contributed by atoms with Crippen molar-refractivity contribution in [1.29, 1.82) is 0 Å². The molecule has 0 spiro atoms. The SMILES string of the molecule is CCCOc1ccc(NC2CCOC2)cc1. The molecule has 0 radical (unpaired) electrons. The first kappa shape index (κ1) is 11.3. The molecule has 0 saturated carbocycles. The molecule has 1 N–H and O–H groups in total. The van der Waals surface area contributed by atoms with Crippen LogP contribution in [0.5, 0.6) is 5.75 Å². The Kier molecular flexibility index (Phi) is 4.05. The van der Waals surface area contributed by atoms with Gasteiger partial charge in [0.05, 0.1) is 19.3 Å². The molecule has 16 heavy (non-hydrogen) atoms. The molecule has 0 aromatic heterocycles. The Bertz CT molecular complexity index is 304. The van der Waals surface area contributed by atoms with Crippen molar-refractivity contribution in [2.24, 2.45) is 0 Å². The van der Waals surface area contributed by atoms with Gasteiger partial charge in [-0.25, -0.2) is 0 Å². The van der Waals surface area contributed by atoms with Gasteiger partial charge in [-0.2, -0.15) is 0 Å². The van der Waals surface area contributed by atoms with Gasteiger partial charge in [-0.1, -0.05) is 6.92 Å². The van der Waals surface area contributed by atoms with Gasteiger partial charge < -0.3 is 14.8 Å². The molecule has 0 aliphatic carbocycles. The summed E-state index contributed by atoms with van der Waals surface area (Å²) in [5, 5.41) is 3.44. The van der Waals surface area contributed by atoms with Crippen LogP contribution < -0.4 is 10.1 Å². The Hall–Kier alpha value is -1.22. The molecule has 1 heterocycles. The van der Waals surface area contributed by atoms with Crippen LogP contribution >= 0.6 is 0 Å². The largest absolute Gasteiger partial charge is 0.494 e. The fraction of sp³-hybridized carbons (Fsp3) is 0.538. The first-order chi connectivity index (χ1) is 7.88. The molecular weight excluding hydrogens is 202 g/mol. The summed E-state index contributed by atoms with van der Waals surface area (Å²) in [5.74, 6) is 0.940. The first-order valence-electron chi connectivity index (χ1n) is 5.95. The van der Waals surface area contributed by atoms with E-state index < -0.39 is 0 Å². The highest BCUT2D eigenvalue weighted by molar-refractivity contribution is 5.47. The van der Waals surface area contributed by atoms with Crippen molar-refractivity contribution in [3.8, 4) is 5.75 Å². The monoisotopic (exact) mass is 221 g/mol. The van der Waals surface area contributed by atoms with E-state index in [9.17, 15) is 0 Å². The highest BCUT2D eigenvalue weighted by Gasteiger charge is 2.14. The number of rotatable bonds is 5. The second-order valence-electron chi connectivity index (χ2n) is 4.08. The molecule has 0 bridgehead atoms. The molecule has 1 saturated heterocycles. The van der Waals surface area contributed by atoms with Gasteiger partial charge in [0.2, 0.25) is 0 Å². The number of anilines is 1. The van der Waals surface area contributed by atoms with E-state index in [0.29, 0.717) is 6.04 Å². The molecule has 1 aromatic rings. The molecule has 0 amide bonds. The summed E-state index contributed by atoms with van der Waals surface area (Å²) in [4.78, 5) is 0. The number of ether oxygens (including phenoxy) is 2. The Morgan fingerprint density at radius 2 is 2.19 bits per heavy atom. The van der Waals surface area contributed by atoms with Crippen LogP contribution in [0.25, 0.3) is 0 Å². The fourth-order valence-electron chi connectivity index (χ4n) is 1.75. The predicted octanol–water partition coefficient (Wildman–Crippen LogP) is 2.68. The van der Waals surface area contributed by atoms with E-state index >= 15 is 0 Å². The van der Waals surface area contributed by atoms with Gasteiger partial charge in [-0.15, -0.1) is 0 Å². The van der Waals surface area contributed by atoms with E-state index in [0.717, 1.165) is 44.1 Å². The summed E-state index contributed by atoms with van der Waals surface area (Å²) in [5.41, 5.74) is 1.14. The summed E-state index contributed by atoms with van der Waals surface area (Å²) in [6.45, 7) is 4.57. The van der Waals surface area contributed by atoms with E-state index in [2.05, 4.69) is 24.4 Å². The summed E-state index contributed by atoms with van der Waals surface area (Å²) >= 11 is 0. The standard InChI is InChI=1S/C13H19NO2/c1-2-8-16-13-5-3-11(4-6-13)14-12-7-9-15-10-12/h3-6,12,14H,2,7-10H2,1H3. The van der Waals surface area contributed by atoms with Crippen LogP contribution in [0.3, 0.4) is 0 Å². The van der Waals surface area contributed by atoms with Gasteiger partial charge in [0, 0.05) is 12.3 Å². The van der Waals surface area contributed by atoms with Gasteiger partial charge in [-0.3, -0.25) is 0 Å². The van der Waals surface area contributed by atoms with E-state index in [1.165, 1.54) is 0 Å². The zero-order valence-electron chi connectivity index (χ0n) is 9.74. The Morgan fingerprint density at radius 3 is 2.81 bits per heavy atom. The second kappa shape index (κ2) is 5.75. The summed E-state index contributed by atoms with van der Waals surface area (Å²) in [6, 6.07) is 8.59. The number of benzene rings is 1. The lowest BCUT2D eigenvalue weighted by Gasteiger charge is -2.12. The third kappa shape index (κ3) is 3.14. The number of hydrogen-bond acceptors (Lipinski definition) is 3. The van der Waals surface area contributed by atoms with Crippen LogP contribution in [0, 0.1) is 0 Å². The van der Waals surface area contributed by atoms with Gasteiger partial charge in [0.15, 0.2) is 0 Å². The first-order valence-corrected chi connectivity index (χ1v) is 5.95. The van der Waals surface area contributed by atoms with Crippen LogP contribution in [0.4, 0.5) is 5.69 Å². The summed E-state index contributed by atoms with van der Waals surface area (Å²) in [6.07, 6.45) is 2.13. The maximum absolute atomic E-state index is 5.53. The summed E-state index contributed by atoms with van der Waals surface area (Å²) in [7, 11) is 0. The zero-order chi connectivity index (χ0) is 11.2. The molecule has 1 aromatic carbocycles. The van der Waals surface area contributed by atoms with Crippen molar-refractivity contribution >= 4 is 5.69 Å². The predicted molar refractivity (Wildman–Crippen MR) is 65.1 cm³/mol. The lowest BCUT2D eigenvalue weighted by Crippen LogP contribution is -2.18. The quantitative estimate of drug-likeness (QED) is 0.829. The molecule has 2 rings (SSSR count). The molecule has 3 heteroatoms. The van der Waals surface area contributed by atoms with Crippen LogP contribution in [0.15, 0.2) is 24.3 Å². The third-order valence-electron chi connectivity index (χ3n) is 2.63. The van der Waals surface area contributed by atoms with Crippen molar-refractivity contribution in [3.63, 3.8) is 0 Å². The third-order valence-corrected chi connectivity index (χ3v) is 2.63. The minimum absolute atomic E-state index is 0.461. The second-order valence-corrected chi connectivity index (χ2v) is 4.08. The minimum atomic E-state index is 0.461. The van der Waals surface area contributed by atoms with Gasteiger partial charge in [0.1, 0.15) is 5.75 Å². The van der Waals surface area contributed by atoms with E-state index in [1.807, 2.05) is 12.1 Å². The smallest absolute Gasteiger partial charge is 0.119 e. The maximum Gasteiger partial charge on any atom is 0.119 e. The number of hydrogen-bond donors (Lipinski definition) is 1. The average Bonchev–Trinajstić information content (AvgIpc) is 2.81. The molecule has 1 fully saturated rings. The van der Waals surface area contributed by atoms with Crippen molar-refractivity contribution in [3.05, 3.63) is 24.3 Å². The van der Waals surface area contributed by atoms with Gasteiger partial charge in [0.25, 0.3) is 0 Å². The highest BCUT2D eigenvalue weighted by atomic mass is 16.5. The van der Waals surface area contributed by atoms with E-state index in [1.54, 1.807) is 0 Å². The highest BCUT2D eigenvalue weighted by Crippen LogP contribution is 2.18. The minimum Gasteiger partial charge on any atom is -0.494 e. The van der Waals surface area contributed by atoms with Gasteiger partial charge in [-0.05, 0) is 37.1 Å². The molecule has 1 unspecified atom stereocenters. The number of nitrogens with one attached hydrogen (secondary N) is 1. The molecule has 1 aliphatic rings. The molecule has 1 atom stereocenters.